The maximum absolute atomic E-state index is 12.0. The Morgan fingerprint density at radius 3 is 3.00 bits per heavy atom. The van der Waals surface area contributed by atoms with E-state index in [9.17, 15) is 4.79 Å². The summed E-state index contributed by atoms with van der Waals surface area (Å²) in [6.07, 6.45) is 3.47. The summed E-state index contributed by atoms with van der Waals surface area (Å²) in [6.45, 7) is 2.64. The van der Waals surface area contributed by atoms with Crippen molar-refractivity contribution < 1.29 is 4.79 Å². The maximum atomic E-state index is 12.0. The highest BCUT2D eigenvalue weighted by Gasteiger charge is 2.18. The van der Waals surface area contributed by atoms with Crippen molar-refractivity contribution in [3.8, 4) is 5.82 Å². The fourth-order valence-electron chi connectivity index (χ4n) is 1.90. The van der Waals surface area contributed by atoms with Gasteiger partial charge in [0.15, 0.2) is 5.82 Å². The van der Waals surface area contributed by atoms with Crippen LogP contribution in [0.25, 0.3) is 5.82 Å². The highest BCUT2D eigenvalue weighted by atomic mass is 16.1. The predicted molar refractivity (Wildman–Crippen MR) is 70.1 cm³/mol. The molecule has 0 atom stereocenters. The van der Waals surface area contributed by atoms with Crippen molar-refractivity contribution >= 4 is 5.91 Å². The van der Waals surface area contributed by atoms with Crippen LogP contribution in [0, 0.1) is 5.92 Å². The number of nitrogens with one attached hydrogen (secondary N) is 2. The Morgan fingerprint density at radius 2 is 2.32 bits per heavy atom. The lowest BCUT2D eigenvalue weighted by atomic mass is 10.0. The number of nitrogens with zero attached hydrogens (tertiary/aromatic N) is 3. The van der Waals surface area contributed by atoms with Crippen LogP contribution in [-0.4, -0.2) is 40.3 Å². The molecular weight excluding hydrogens is 242 g/mol. The van der Waals surface area contributed by atoms with Crippen LogP contribution in [-0.2, 0) is 0 Å². The van der Waals surface area contributed by atoms with Crippen LogP contribution in [0.15, 0.2) is 36.7 Å². The number of amides is 1. The van der Waals surface area contributed by atoms with Gasteiger partial charge in [-0.2, -0.15) is 5.10 Å². The van der Waals surface area contributed by atoms with Crippen molar-refractivity contribution in [1.82, 2.24) is 25.4 Å². The minimum atomic E-state index is -0.138. The second-order valence-corrected chi connectivity index (χ2v) is 4.57. The summed E-state index contributed by atoms with van der Waals surface area (Å²) < 4.78 is 1.63. The number of hydrogen-bond acceptors (Lipinski definition) is 4. The van der Waals surface area contributed by atoms with Gasteiger partial charge in [-0.25, -0.2) is 9.67 Å². The lowest BCUT2D eigenvalue weighted by Crippen LogP contribution is -2.48. The quantitative estimate of drug-likeness (QED) is 0.821. The normalized spacial score (nSPS) is 14.9. The van der Waals surface area contributed by atoms with E-state index in [-0.39, 0.29) is 5.91 Å². The molecular formula is C13H15N5O. The fourth-order valence-corrected chi connectivity index (χ4v) is 1.90. The number of carbonyl (C=O) groups excluding carboxylic acids is 1. The van der Waals surface area contributed by atoms with E-state index in [1.54, 1.807) is 23.1 Å². The number of rotatable bonds is 4. The predicted octanol–water partition coefficient (Wildman–Crippen LogP) is 0.216. The molecule has 3 heterocycles. The lowest BCUT2D eigenvalue weighted by Gasteiger charge is -2.26. The molecule has 2 aromatic rings. The largest absolute Gasteiger partial charge is 0.350 e. The minimum absolute atomic E-state index is 0.138. The highest BCUT2D eigenvalue weighted by molar-refractivity contribution is 5.92. The van der Waals surface area contributed by atoms with Crippen molar-refractivity contribution in [3.63, 3.8) is 0 Å². The van der Waals surface area contributed by atoms with Crippen molar-refractivity contribution in [3.05, 3.63) is 42.4 Å². The summed E-state index contributed by atoms with van der Waals surface area (Å²) in [5.74, 6) is 1.04. The average molecular weight is 257 g/mol. The van der Waals surface area contributed by atoms with Gasteiger partial charge in [0, 0.05) is 37.9 Å². The fraction of sp³-hybridized carbons (Fsp3) is 0.308. The number of carbonyl (C=O) groups is 1. The molecule has 3 rings (SSSR count). The van der Waals surface area contributed by atoms with Gasteiger partial charge in [-0.3, -0.25) is 4.79 Å². The smallest absolute Gasteiger partial charge is 0.269 e. The van der Waals surface area contributed by atoms with Crippen molar-refractivity contribution in [2.75, 3.05) is 19.6 Å². The van der Waals surface area contributed by atoms with Crippen LogP contribution in [0.5, 0.6) is 0 Å². The van der Waals surface area contributed by atoms with Crippen LogP contribution in [0.4, 0.5) is 0 Å². The Balaban J connectivity index is 1.69. The van der Waals surface area contributed by atoms with E-state index in [1.165, 1.54) is 0 Å². The second-order valence-electron chi connectivity index (χ2n) is 4.57. The standard InChI is InChI=1S/C13H15N5O/c19-13(15-9-10-7-14-8-10)11-3-1-4-12(17-11)18-6-2-5-16-18/h1-6,10,14H,7-9H2,(H,15,19). The van der Waals surface area contributed by atoms with Crippen LogP contribution in [0.2, 0.25) is 0 Å². The van der Waals surface area contributed by atoms with Crippen LogP contribution in [0.1, 0.15) is 10.5 Å². The SMILES string of the molecule is O=C(NCC1CNC1)c1cccc(-n2cccn2)n1. The Bertz CT molecular complexity index is 562. The van der Waals surface area contributed by atoms with E-state index in [4.69, 9.17) is 0 Å². The second kappa shape index (κ2) is 5.19. The van der Waals surface area contributed by atoms with Gasteiger partial charge in [0.05, 0.1) is 0 Å². The van der Waals surface area contributed by atoms with Crippen LogP contribution >= 0.6 is 0 Å². The molecule has 1 aliphatic heterocycles. The summed E-state index contributed by atoms with van der Waals surface area (Å²) >= 11 is 0. The summed E-state index contributed by atoms with van der Waals surface area (Å²) in [5.41, 5.74) is 0.417. The monoisotopic (exact) mass is 257 g/mol. The Labute approximate surface area is 110 Å². The molecule has 0 unspecified atom stereocenters. The van der Waals surface area contributed by atoms with E-state index in [2.05, 4.69) is 20.7 Å². The molecule has 19 heavy (non-hydrogen) atoms. The van der Waals surface area contributed by atoms with Crippen LogP contribution < -0.4 is 10.6 Å². The zero-order valence-corrected chi connectivity index (χ0v) is 10.4. The van der Waals surface area contributed by atoms with E-state index in [0.717, 1.165) is 13.1 Å². The molecule has 0 spiro atoms. The topological polar surface area (TPSA) is 71.8 Å². The van der Waals surface area contributed by atoms with Gasteiger partial charge < -0.3 is 10.6 Å². The van der Waals surface area contributed by atoms with Crippen molar-refractivity contribution in [1.29, 1.82) is 0 Å². The van der Waals surface area contributed by atoms with E-state index in [1.807, 2.05) is 18.2 Å². The molecule has 0 bridgehead atoms. The maximum Gasteiger partial charge on any atom is 0.269 e. The molecule has 0 radical (unpaired) electrons. The first-order valence-corrected chi connectivity index (χ1v) is 6.29. The van der Waals surface area contributed by atoms with Gasteiger partial charge >= 0.3 is 0 Å². The third kappa shape index (κ3) is 2.63. The molecule has 1 aliphatic rings. The van der Waals surface area contributed by atoms with Crippen molar-refractivity contribution in [2.24, 2.45) is 5.92 Å². The first kappa shape index (κ1) is 11.9. The average Bonchev–Trinajstić information content (AvgIpc) is 2.91. The van der Waals surface area contributed by atoms with E-state index >= 15 is 0 Å². The van der Waals surface area contributed by atoms with Gasteiger partial charge in [-0.05, 0) is 18.2 Å². The molecule has 0 saturated carbocycles. The van der Waals surface area contributed by atoms with Gasteiger partial charge in [0.2, 0.25) is 0 Å². The van der Waals surface area contributed by atoms with Crippen molar-refractivity contribution in [2.45, 2.75) is 0 Å². The molecule has 6 nitrogen and oxygen atoms in total. The molecule has 1 fully saturated rings. The Kier molecular flexibility index (Phi) is 3.24. The molecule has 2 aromatic heterocycles. The molecule has 0 aromatic carbocycles. The first-order chi connectivity index (χ1) is 9.33. The molecule has 98 valence electrons. The zero-order chi connectivity index (χ0) is 13.1. The molecule has 2 N–H and O–H groups in total. The Morgan fingerprint density at radius 1 is 1.42 bits per heavy atom. The summed E-state index contributed by atoms with van der Waals surface area (Å²) in [4.78, 5) is 16.3. The van der Waals surface area contributed by atoms with Crippen LogP contribution in [0.3, 0.4) is 0 Å². The molecule has 6 heteroatoms. The molecule has 1 amide bonds. The van der Waals surface area contributed by atoms with Gasteiger partial charge in [0.1, 0.15) is 5.69 Å². The Hall–Kier alpha value is -2.21. The minimum Gasteiger partial charge on any atom is -0.350 e. The molecule has 0 aliphatic carbocycles. The number of aromatic nitrogens is 3. The van der Waals surface area contributed by atoms with E-state index in [0.29, 0.717) is 24.0 Å². The van der Waals surface area contributed by atoms with Gasteiger partial charge in [-0.1, -0.05) is 6.07 Å². The summed E-state index contributed by atoms with van der Waals surface area (Å²) in [7, 11) is 0. The zero-order valence-electron chi connectivity index (χ0n) is 10.4. The number of pyridine rings is 1. The third-order valence-electron chi connectivity index (χ3n) is 3.12. The molecule has 1 saturated heterocycles. The van der Waals surface area contributed by atoms with Gasteiger partial charge in [0.25, 0.3) is 5.91 Å². The summed E-state index contributed by atoms with van der Waals surface area (Å²) in [5, 5.41) is 10.2. The highest BCUT2D eigenvalue weighted by Crippen LogP contribution is 2.05. The third-order valence-corrected chi connectivity index (χ3v) is 3.12. The lowest BCUT2D eigenvalue weighted by molar-refractivity contribution is 0.0937. The number of hydrogen-bond donors (Lipinski definition) is 2. The summed E-state index contributed by atoms with van der Waals surface area (Å²) in [6, 6.07) is 7.16. The van der Waals surface area contributed by atoms with Gasteiger partial charge in [-0.15, -0.1) is 0 Å². The first-order valence-electron chi connectivity index (χ1n) is 6.29. The van der Waals surface area contributed by atoms with E-state index < -0.39 is 0 Å².